The molecule has 0 radical (unpaired) electrons. The van der Waals surface area contributed by atoms with Gasteiger partial charge in [-0.3, -0.25) is 9.59 Å². The van der Waals surface area contributed by atoms with Gasteiger partial charge in [0.05, 0.1) is 5.69 Å². The second-order valence-electron chi connectivity index (χ2n) is 5.23. The minimum Gasteiger partial charge on any atom is -0.487 e. The van der Waals surface area contributed by atoms with Crippen molar-refractivity contribution in [2.45, 2.75) is 27.4 Å². The van der Waals surface area contributed by atoms with Gasteiger partial charge in [0, 0.05) is 12.5 Å². The van der Waals surface area contributed by atoms with Gasteiger partial charge in [0.2, 0.25) is 5.91 Å². The molecule has 1 N–H and O–H groups in total. The number of benzene rings is 2. The Morgan fingerprint density at radius 2 is 1.86 bits per heavy atom. The Morgan fingerprint density at radius 1 is 1.09 bits per heavy atom. The fraction of sp³-hybridized carbons (Fsp3) is 0.222. The number of Topliss-reactive ketones (excluding diaryl/α,β-unsaturated/α-hetero) is 1. The molecule has 0 aliphatic carbocycles. The third-order valence-electron chi connectivity index (χ3n) is 3.18. The number of aryl methyl sites for hydroxylation is 1. The molecule has 0 heterocycles. The molecule has 0 aromatic heterocycles. The zero-order valence-corrected chi connectivity index (χ0v) is 13.0. The Labute approximate surface area is 130 Å². The van der Waals surface area contributed by atoms with Crippen LogP contribution in [-0.4, -0.2) is 11.7 Å². The molecule has 0 bridgehead atoms. The number of ether oxygens (including phenoxy) is 1. The predicted octanol–water partition coefficient (Wildman–Crippen LogP) is 3.74. The van der Waals surface area contributed by atoms with Crippen LogP contribution in [0, 0.1) is 6.92 Å². The van der Waals surface area contributed by atoms with E-state index in [2.05, 4.69) is 5.32 Å². The summed E-state index contributed by atoms with van der Waals surface area (Å²) in [5.74, 6) is 0.259. The standard InChI is InChI=1S/C18H19NO3/c1-12-5-4-6-15(9-12)11-22-18-10-16(13(2)20)7-8-17(18)19-14(3)21/h4-10H,11H2,1-3H3,(H,19,21). The number of rotatable bonds is 5. The van der Waals surface area contributed by atoms with E-state index in [0.29, 0.717) is 23.6 Å². The first kappa shape index (κ1) is 15.8. The van der Waals surface area contributed by atoms with E-state index in [1.807, 2.05) is 31.2 Å². The van der Waals surface area contributed by atoms with Gasteiger partial charge in [-0.25, -0.2) is 0 Å². The van der Waals surface area contributed by atoms with Gasteiger partial charge < -0.3 is 10.1 Å². The molecular formula is C18H19NO3. The fourth-order valence-corrected chi connectivity index (χ4v) is 2.12. The Kier molecular flexibility index (Phi) is 4.94. The van der Waals surface area contributed by atoms with Gasteiger partial charge in [-0.1, -0.05) is 29.8 Å². The van der Waals surface area contributed by atoms with Crippen molar-refractivity contribution in [1.82, 2.24) is 0 Å². The average molecular weight is 297 g/mol. The normalized spacial score (nSPS) is 10.1. The lowest BCUT2D eigenvalue weighted by Gasteiger charge is -2.13. The first-order valence-electron chi connectivity index (χ1n) is 7.06. The molecule has 0 saturated heterocycles. The summed E-state index contributed by atoms with van der Waals surface area (Å²) in [5.41, 5.74) is 3.29. The van der Waals surface area contributed by atoms with Gasteiger partial charge in [-0.2, -0.15) is 0 Å². The van der Waals surface area contributed by atoms with Crippen LogP contribution < -0.4 is 10.1 Å². The number of ketones is 1. The number of hydrogen-bond acceptors (Lipinski definition) is 3. The molecule has 0 fully saturated rings. The van der Waals surface area contributed by atoms with E-state index in [4.69, 9.17) is 4.74 Å². The van der Waals surface area contributed by atoms with Crippen molar-refractivity contribution < 1.29 is 14.3 Å². The minimum absolute atomic E-state index is 0.0465. The van der Waals surface area contributed by atoms with Crippen LogP contribution in [0.3, 0.4) is 0 Å². The lowest BCUT2D eigenvalue weighted by atomic mass is 10.1. The Morgan fingerprint density at radius 3 is 2.50 bits per heavy atom. The lowest BCUT2D eigenvalue weighted by molar-refractivity contribution is -0.114. The van der Waals surface area contributed by atoms with Crippen LogP contribution in [0.5, 0.6) is 5.75 Å². The average Bonchev–Trinajstić information content (AvgIpc) is 2.45. The SMILES string of the molecule is CC(=O)Nc1ccc(C(C)=O)cc1OCc1cccc(C)c1. The zero-order chi connectivity index (χ0) is 16.1. The number of amides is 1. The second kappa shape index (κ2) is 6.89. The molecule has 0 spiro atoms. The second-order valence-corrected chi connectivity index (χ2v) is 5.23. The van der Waals surface area contributed by atoms with Gasteiger partial charge in [-0.15, -0.1) is 0 Å². The van der Waals surface area contributed by atoms with Crippen molar-refractivity contribution in [3.63, 3.8) is 0 Å². The molecule has 22 heavy (non-hydrogen) atoms. The highest BCUT2D eigenvalue weighted by molar-refractivity contribution is 5.96. The summed E-state index contributed by atoms with van der Waals surface area (Å²) in [4.78, 5) is 22.8. The van der Waals surface area contributed by atoms with Crippen molar-refractivity contribution in [2.75, 3.05) is 5.32 Å². The maximum atomic E-state index is 11.5. The summed E-state index contributed by atoms with van der Waals surface area (Å²) in [6.45, 7) is 5.32. The van der Waals surface area contributed by atoms with Crippen LogP contribution in [0.25, 0.3) is 0 Å². The number of carbonyl (C=O) groups excluding carboxylic acids is 2. The smallest absolute Gasteiger partial charge is 0.221 e. The molecule has 4 heteroatoms. The third kappa shape index (κ3) is 4.19. The van der Waals surface area contributed by atoms with Crippen molar-refractivity contribution >= 4 is 17.4 Å². The van der Waals surface area contributed by atoms with Crippen LogP contribution in [0.2, 0.25) is 0 Å². The lowest BCUT2D eigenvalue weighted by Crippen LogP contribution is -2.09. The Hall–Kier alpha value is -2.62. The molecule has 114 valence electrons. The molecule has 0 saturated carbocycles. The van der Waals surface area contributed by atoms with Gasteiger partial charge in [0.1, 0.15) is 12.4 Å². The molecule has 0 unspecified atom stereocenters. The molecule has 0 aliphatic rings. The van der Waals surface area contributed by atoms with E-state index >= 15 is 0 Å². The molecule has 0 aliphatic heterocycles. The summed E-state index contributed by atoms with van der Waals surface area (Å²) < 4.78 is 5.80. The number of anilines is 1. The third-order valence-corrected chi connectivity index (χ3v) is 3.18. The van der Waals surface area contributed by atoms with Crippen LogP contribution in [-0.2, 0) is 11.4 Å². The summed E-state index contributed by atoms with van der Waals surface area (Å²) in [7, 11) is 0. The summed E-state index contributed by atoms with van der Waals surface area (Å²) >= 11 is 0. The Balaban J connectivity index is 2.24. The van der Waals surface area contributed by atoms with Crippen molar-refractivity contribution in [1.29, 1.82) is 0 Å². The van der Waals surface area contributed by atoms with E-state index in [0.717, 1.165) is 11.1 Å². The summed E-state index contributed by atoms with van der Waals surface area (Å²) in [6, 6.07) is 13.0. The molecule has 2 rings (SSSR count). The molecular weight excluding hydrogens is 278 g/mol. The molecule has 2 aromatic rings. The predicted molar refractivity (Wildman–Crippen MR) is 86.3 cm³/mol. The van der Waals surface area contributed by atoms with E-state index in [1.165, 1.54) is 13.8 Å². The number of carbonyl (C=O) groups is 2. The summed E-state index contributed by atoms with van der Waals surface area (Å²) in [5, 5.41) is 2.71. The quantitative estimate of drug-likeness (QED) is 0.855. The monoisotopic (exact) mass is 297 g/mol. The van der Waals surface area contributed by atoms with Crippen LogP contribution >= 0.6 is 0 Å². The van der Waals surface area contributed by atoms with Gasteiger partial charge >= 0.3 is 0 Å². The van der Waals surface area contributed by atoms with Crippen LogP contribution in [0.1, 0.15) is 35.3 Å². The van der Waals surface area contributed by atoms with Gasteiger partial charge in [0.15, 0.2) is 5.78 Å². The van der Waals surface area contributed by atoms with E-state index in [9.17, 15) is 9.59 Å². The van der Waals surface area contributed by atoms with Gasteiger partial charge in [-0.05, 0) is 37.6 Å². The van der Waals surface area contributed by atoms with Crippen molar-refractivity contribution in [3.8, 4) is 5.75 Å². The topological polar surface area (TPSA) is 55.4 Å². The highest BCUT2D eigenvalue weighted by Crippen LogP contribution is 2.27. The van der Waals surface area contributed by atoms with E-state index in [1.54, 1.807) is 18.2 Å². The Bertz CT molecular complexity index is 707. The first-order valence-corrected chi connectivity index (χ1v) is 7.06. The van der Waals surface area contributed by atoms with Crippen molar-refractivity contribution in [3.05, 3.63) is 59.2 Å². The minimum atomic E-state index is -0.184. The van der Waals surface area contributed by atoms with Gasteiger partial charge in [0.25, 0.3) is 0 Å². The molecule has 0 atom stereocenters. The van der Waals surface area contributed by atoms with E-state index in [-0.39, 0.29) is 11.7 Å². The molecule has 2 aromatic carbocycles. The number of nitrogens with one attached hydrogen (secondary N) is 1. The van der Waals surface area contributed by atoms with Crippen LogP contribution in [0.15, 0.2) is 42.5 Å². The largest absolute Gasteiger partial charge is 0.487 e. The summed E-state index contributed by atoms with van der Waals surface area (Å²) in [6.07, 6.45) is 0. The first-order chi connectivity index (χ1) is 10.5. The number of hydrogen-bond donors (Lipinski definition) is 1. The van der Waals surface area contributed by atoms with Crippen molar-refractivity contribution in [2.24, 2.45) is 0 Å². The highest BCUT2D eigenvalue weighted by Gasteiger charge is 2.09. The highest BCUT2D eigenvalue weighted by atomic mass is 16.5. The molecule has 1 amide bonds. The fourth-order valence-electron chi connectivity index (χ4n) is 2.12. The maximum absolute atomic E-state index is 11.5. The zero-order valence-electron chi connectivity index (χ0n) is 13.0. The van der Waals surface area contributed by atoms with Crippen LogP contribution in [0.4, 0.5) is 5.69 Å². The maximum Gasteiger partial charge on any atom is 0.221 e. The van der Waals surface area contributed by atoms with E-state index < -0.39 is 0 Å². The molecule has 4 nitrogen and oxygen atoms in total.